The van der Waals surface area contributed by atoms with Gasteiger partial charge >= 0.3 is 0 Å². The van der Waals surface area contributed by atoms with E-state index in [0.29, 0.717) is 46.1 Å². The number of pyridine rings is 1. The molecule has 2 aliphatic heterocycles. The molecule has 0 unspecified atom stereocenters. The van der Waals surface area contributed by atoms with Crippen LogP contribution in [0.25, 0.3) is 0 Å². The maximum atomic E-state index is 15.5. The van der Waals surface area contributed by atoms with Crippen LogP contribution >= 0.6 is 0 Å². The molecule has 1 aromatic heterocycles. The number of amides is 2. The zero-order chi connectivity index (χ0) is 44.2. The van der Waals surface area contributed by atoms with Crippen molar-refractivity contribution in [3.63, 3.8) is 0 Å². The van der Waals surface area contributed by atoms with E-state index < -0.39 is 24.2 Å². The minimum Gasteiger partial charge on any atom is -0.496 e. The number of carbonyl (C=O) groups excluding carboxylic acids is 2. The van der Waals surface area contributed by atoms with E-state index in [1.54, 1.807) is 46.2 Å². The van der Waals surface area contributed by atoms with Gasteiger partial charge in [-0.25, -0.2) is 4.98 Å². The Morgan fingerprint density at radius 2 is 0.688 bits per heavy atom. The lowest BCUT2D eigenvalue weighted by Crippen LogP contribution is -2.40. The second kappa shape index (κ2) is 18.1. The molecule has 0 bridgehead atoms. The van der Waals surface area contributed by atoms with Crippen molar-refractivity contribution in [2.24, 2.45) is 9.98 Å². The highest BCUT2D eigenvalue weighted by atomic mass is 16.5. The first-order chi connectivity index (χ1) is 31.4. The largest absolute Gasteiger partial charge is 0.496 e. The summed E-state index contributed by atoms with van der Waals surface area (Å²) in [7, 11) is 6.10. The molecule has 318 valence electrons. The number of rotatable bonds is 12. The molecule has 0 aliphatic carbocycles. The Morgan fingerprint density at radius 1 is 0.391 bits per heavy atom. The molecule has 0 radical (unpaired) electrons. The molecule has 0 saturated heterocycles. The zero-order valence-corrected chi connectivity index (χ0v) is 35.7. The fourth-order valence-corrected chi connectivity index (χ4v) is 8.72. The molecule has 11 heteroatoms. The molecule has 9 rings (SSSR count). The first-order valence-electron chi connectivity index (χ1n) is 20.9. The molecule has 2 amide bonds. The lowest BCUT2D eigenvalue weighted by molar-refractivity contribution is 0.0790. The van der Waals surface area contributed by atoms with E-state index in [1.807, 2.05) is 140 Å². The van der Waals surface area contributed by atoms with Crippen LogP contribution in [-0.4, -0.2) is 66.7 Å². The minimum atomic E-state index is -0.601. The number of hydrogen-bond acceptors (Lipinski definition) is 9. The lowest BCUT2D eigenvalue weighted by atomic mass is 9.93. The molecule has 64 heavy (non-hydrogen) atoms. The summed E-state index contributed by atoms with van der Waals surface area (Å²) in [6.07, 6.45) is 0. The zero-order valence-electron chi connectivity index (χ0n) is 35.7. The molecule has 0 N–H and O–H groups in total. The predicted octanol–water partition coefficient (Wildman–Crippen LogP) is 9.89. The Hall–Kier alpha value is -8.05. The van der Waals surface area contributed by atoms with Crippen LogP contribution in [0.4, 0.5) is 0 Å². The maximum Gasteiger partial charge on any atom is 0.267 e. The first kappa shape index (κ1) is 41.3. The third kappa shape index (κ3) is 7.51. The third-order valence-corrected chi connectivity index (χ3v) is 11.6. The van der Waals surface area contributed by atoms with E-state index in [1.165, 1.54) is 28.4 Å². The SMILES string of the molecule is COc1cccc(OC)c1C(=O)N1C(c2cccc(C3=N[C@H](c4ccccc4)[C@@H](c4ccccc4)N3C(=O)c3c(OC)cccc3OC)n2)=N[C@H](c2ccccc2)[C@H]1c1ccccc1. The van der Waals surface area contributed by atoms with Crippen molar-refractivity contribution in [3.05, 3.63) is 221 Å². The van der Waals surface area contributed by atoms with Crippen molar-refractivity contribution in [1.82, 2.24) is 14.8 Å². The molecule has 2 aliphatic rings. The van der Waals surface area contributed by atoms with E-state index in [9.17, 15) is 0 Å². The summed E-state index contributed by atoms with van der Waals surface area (Å²) in [5, 5.41) is 0. The van der Waals surface area contributed by atoms with Crippen molar-refractivity contribution < 1.29 is 28.5 Å². The molecule has 0 spiro atoms. The number of hydrogen-bond donors (Lipinski definition) is 0. The Bertz CT molecular complexity index is 2620. The third-order valence-electron chi connectivity index (χ3n) is 11.6. The molecule has 4 atom stereocenters. The van der Waals surface area contributed by atoms with E-state index in [4.69, 9.17) is 33.9 Å². The van der Waals surface area contributed by atoms with Crippen molar-refractivity contribution >= 4 is 23.5 Å². The van der Waals surface area contributed by atoms with Crippen LogP contribution in [0.15, 0.2) is 186 Å². The molecular formula is C53H45N5O6. The Morgan fingerprint density at radius 3 is 1.00 bits per heavy atom. The predicted molar refractivity (Wildman–Crippen MR) is 245 cm³/mol. The van der Waals surface area contributed by atoms with E-state index in [2.05, 4.69) is 0 Å². The van der Waals surface area contributed by atoms with Crippen LogP contribution < -0.4 is 18.9 Å². The van der Waals surface area contributed by atoms with Gasteiger partial charge in [-0.2, -0.15) is 0 Å². The van der Waals surface area contributed by atoms with Crippen molar-refractivity contribution in [2.75, 3.05) is 28.4 Å². The van der Waals surface area contributed by atoms with Crippen LogP contribution in [0.2, 0.25) is 0 Å². The van der Waals surface area contributed by atoms with Gasteiger partial charge < -0.3 is 18.9 Å². The first-order valence-corrected chi connectivity index (χ1v) is 20.9. The average Bonchev–Trinajstić information content (AvgIpc) is 3.97. The quantitative estimate of drug-likeness (QED) is 0.120. The number of ether oxygens (including phenoxy) is 4. The average molecular weight is 848 g/mol. The molecule has 0 saturated carbocycles. The second-order valence-corrected chi connectivity index (χ2v) is 15.2. The van der Waals surface area contributed by atoms with Crippen LogP contribution in [0.1, 0.15) is 78.5 Å². The Balaban J connectivity index is 1.26. The summed E-state index contributed by atoms with van der Waals surface area (Å²) >= 11 is 0. The second-order valence-electron chi connectivity index (χ2n) is 15.2. The number of nitrogens with zero attached hydrogens (tertiary/aromatic N) is 5. The maximum absolute atomic E-state index is 15.5. The highest BCUT2D eigenvalue weighted by molar-refractivity contribution is 6.17. The molecule has 0 fully saturated rings. The summed E-state index contributed by atoms with van der Waals surface area (Å²) in [4.78, 5) is 50.4. The van der Waals surface area contributed by atoms with Gasteiger partial charge in [0.15, 0.2) is 11.7 Å². The number of benzene rings is 6. The number of aromatic nitrogens is 1. The van der Waals surface area contributed by atoms with Gasteiger partial charge in [0.25, 0.3) is 11.8 Å². The summed E-state index contributed by atoms with van der Waals surface area (Å²) in [5.41, 5.74) is 4.82. The van der Waals surface area contributed by atoms with Gasteiger partial charge in [0, 0.05) is 0 Å². The van der Waals surface area contributed by atoms with Gasteiger partial charge in [0.2, 0.25) is 0 Å². The topological polar surface area (TPSA) is 115 Å². The van der Waals surface area contributed by atoms with Crippen LogP contribution in [0.3, 0.4) is 0 Å². The fraction of sp³-hybridized carbons (Fsp3) is 0.151. The Labute approximate surface area is 371 Å². The standard InChI is InChI=1S/C53H45N5O6/c1-61-40-30-18-31-41(62-2)44(40)52(59)57-48(36-24-13-7-14-25-36)46(34-20-9-5-10-21-34)55-50(57)38-28-17-29-39(54-38)51-56-47(35-22-11-6-12-23-35)49(37-26-15-8-16-27-37)58(51)53(60)45-42(63-3)32-19-33-43(45)64-4/h5-33,46-49H,1-4H3/t46-,47-,48-,49-/m1/s1. The summed E-state index contributed by atoms with van der Waals surface area (Å²) < 4.78 is 23.2. The van der Waals surface area contributed by atoms with Gasteiger partial charge in [0.1, 0.15) is 57.6 Å². The fourth-order valence-electron chi connectivity index (χ4n) is 8.72. The van der Waals surface area contributed by atoms with E-state index >= 15 is 9.59 Å². The highest BCUT2D eigenvalue weighted by Crippen LogP contribution is 2.47. The number of aliphatic imine (C=N–C) groups is 2. The monoisotopic (exact) mass is 847 g/mol. The summed E-state index contributed by atoms with van der Waals surface area (Å²) in [5.74, 6) is 1.26. The van der Waals surface area contributed by atoms with Gasteiger partial charge in [-0.3, -0.25) is 29.4 Å². The van der Waals surface area contributed by atoms with Gasteiger partial charge in [-0.15, -0.1) is 0 Å². The van der Waals surface area contributed by atoms with Crippen LogP contribution in [0, 0.1) is 0 Å². The van der Waals surface area contributed by atoms with E-state index in [0.717, 1.165) is 22.3 Å². The summed E-state index contributed by atoms with van der Waals surface area (Å²) in [6, 6.07) is 53.3. The molecule has 7 aromatic rings. The molecule has 11 nitrogen and oxygen atoms in total. The van der Waals surface area contributed by atoms with E-state index in [-0.39, 0.29) is 22.9 Å². The Kier molecular flexibility index (Phi) is 11.7. The van der Waals surface area contributed by atoms with Gasteiger partial charge in [-0.1, -0.05) is 140 Å². The lowest BCUT2D eigenvalue weighted by Gasteiger charge is -2.31. The number of methoxy groups -OCH3 is 4. The number of carbonyl (C=O) groups is 2. The summed E-state index contributed by atoms with van der Waals surface area (Å²) in [6.45, 7) is 0. The van der Waals surface area contributed by atoms with Gasteiger partial charge in [0.05, 0.1) is 40.5 Å². The molecule has 6 aromatic carbocycles. The molecule has 3 heterocycles. The van der Waals surface area contributed by atoms with Crippen LogP contribution in [0.5, 0.6) is 23.0 Å². The normalized spacial score (nSPS) is 17.9. The van der Waals surface area contributed by atoms with Gasteiger partial charge in [-0.05, 0) is 58.7 Å². The number of amidine groups is 2. The van der Waals surface area contributed by atoms with Crippen molar-refractivity contribution in [1.29, 1.82) is 0 Å². The minimum absolute atomic E-state index is 0.241. The van der Waals surface area contributed by atoms with Crippen LogP contribution in [-0.2, 0) is 0 Å². The van der Waals surface area contributed by atoms with Crippen molar-refractivity contribution in [2.45, 2.75) is 24.2 Å². The molecular weight excluding hydrogens is 803 g/mol. The smallest absolute Gasteiger partial charge is 0.267 e. The van der Waals surface area contributed by atoms with Crippen molar-refractivity contribution in [3.8, 4) is 23.0 Å². The highest BCUT2D eigenvalue weighted by Gasteiger charge is 2.47.